The maximum atomic E-state index is 11.8. The number of nitrogens with two attached hydrogens (primary N) is 1. The molecule has 1 aromatic carbocycles. The number of aromatic nitrogens is 2. The smallest absolute Gasteiger partial charge is 0.251 e. The molecule has 0 bridgehead atoms. The number of amides is 1. The summed E-state index contributed by atoms with van der Waals surface area (Å²) in [6.45, 7) is 1.05. The first-order valence-electron chi connectivity index (χ1n) is 5.47. The summed E-state index contributed by atoms with van der Waals surface area (Å²) in [5.74, 6) is -0.155. The minimum atomic E-state index is -0.155. The molecule has 1 amide bonds. The summed E-state index contributed by atoms with van der Waals surface area (Å²) in [5.41, 5.74) is 6.68. The molecule has 1 aromatic heterocycles. The number of nitrogen functional groups attached to an aromatic ring is 1. The summed E-state index contributed by atoms with van der Waals surface area (Å²) in [5, 5.41) is 7.35. The largest absolute Gasteiger partial charge is 0.396 e. The quantitative estimate of drug-likeness (QED) is 0.880. The molecule has 3 N–H and O–H groups in total. The van der Waals surface area contributed by atoms with Gasteiger partial charge < -0.3 is 11.1 Å². The Balaban J connectivity index is 1.85. The Labute approximate surface area is 110 Å². The molecule has 0 atom stereocenters. The predicted molar refractivity (Wildman–Crippen MR) is 70.4 cm³/mol. The fraction of sp³-hybridized carbons (Fsp3) is 0.167. The Hall–Kier alpha value is -2.01. The molecule has 18 heavy (non-hydrogen) atoms. The summed E-state index contributed by atoms with van der Waals surface area (Å²) in [6.07, 6.45) is 3.28. The van der Waals surface area contributed by atoms with Gasteiger partial charge in [-0.3, -0.25) is 9.48 Å². The van der Waals surface area contributed by atoms with Gasteiger partial charge in [0, 0.05) is 23.3 Å². The fourth-order valence-electron chi connectivity index (χ4n) is 1.52. The molecular formula is C12H13ClN4O. The van der Waals surface area contributed by atoms with E-state index >= 15 is 0 Å². The molecule has 0 aliphatic carbocycles. The first-order chi connectivity index (χ1) is 8.65. The van der Waals surface area contributed by atoms with Crippen molar-refractivity contribution < 1.29 is 4.79 Å². The van der Waals surface area contributed by atoms with Gasteiger partial charge in [0.2, 0.25) is 0 Å². The van der Waals surface area contributed by atoms with Crippen LogP contribution >= 0.6 is 11.6 Å². The molecule has 0 spiro atoms. The lowest BCUT2D eigenvalue weighted by Gasteiger charge is -2.05. The number of rotatable bonds is 4. The summed E-state index contributed by atoms with van der Waals surface area (Å²) in [4.78, 5) is 11.8. The maximum absolute atomic E-state index is 11.8. The van der Waals surface area contributed by atoms with Gasteiger partial charge in [-0.1, -0.05) is 17.7 Å². The predicted octanol–water partition coefficient (Wildman–Crippen LogP) is 1.55. The van der Waals surface area contributed by atoms with Crippen LogP contribution in [-0.2, 0) is 6.54 Å². The molecule has 0 fully saturated rings. The highest BCUT2D eigenvalue weighted by molar-refractivity contribution is 6.30. The van der Waals surface area contributed by atoms with E-state index in [2.05, 4.69) is 10.4 Å². The van der Waals surface area contributed by atoms with Crippen molar-refractivity contribution in [1.82, 2.24) is 15.1 Å². The first kappa shape index (κ1) is 12.4. The monoisotopic (exact) mass is 264 g/mol. The van der Waals surface area contributed by atoms with Crippen molar-refractivity contribution in [2.24, 2.45) is 0 Å². The molecule has 0 unspecified atom stereocenters. The number of carbonyl (C=O) groups excluding carboxylic acids is 1. The van der Waals surface area contributed by atoms with Crippen LogP contribution in [0.3, 0.4) is 0 Å². The second-order valence-corrected chi connectivity index (χ2v) is 4.24. The maximum Gasteiger partial charge on any atom is 0.251 e. The van der Waals surface area contributed by atoms with Gasteiger partial charge in [0.15, 0.2) is 0 Å². The zero-order valence-electron chi connectivity index (χ0n) is 9.64. The van der Waals surface area contributed by atoms with E-state index in [1.807, 2.05) is 0 Å². The average molecular weight is 265 g/mol. The normalized spacial score (nSPS) is 10.3. The zero-order chi connectivity index (χ0) is 13.0. The molecule has 0 saturated heterocycles. The van der Waals surface area contributed by atoms with Gasteiger partial charge in [-0.05, 0) is 18.2 Å². The van der Waals surface area contributed by atoms with Crippen LogP contribution in [0.25, 0.3) is 0 Å². The number of halogens is 1. The highest BCUT2D eigenvalue weighted by atomic mass is 35.5. The Morgan fingerprint density at radius 1 is 1.50 bits per heavy atom. The van der Waals surface area contributed by atoms with E-state index in [0.717, 1.165) is 0 Å². The number of nitrogens with one attached hydrogen (secondary N) is 1. The van der Waals surface area contributed by atoms with Crippen molar-refractivity contribution in [2.75, 3.05) is 12.3 Å². The molecule has 0 aliphatic rings. The number of hydrogen-bond acceptors (Lipinski definition) is 3. The van der Waals surface area contributed by atoms with Crippen LogP contribution in [0.4, 0.5) is 5.69 Å². The van der Waals surface area contributed by atoms with Gasteiger partial charge in [-0.25, -0.2) is 0 Å². The van der Waals surface area contributed by atoms with Crippen LogP contribution in [-0.4, -0.2) is 22.2 Å². The second-order valence-electron chi connectivity index (χ2n) is 3.80. The molecule has 1 heterocycles. The third kappa shape index (κ3) is 3.24. The summed E-state index contributed by atoms with van der Waals surface area (Å²) < 4.78 is 1.67. The van der Waals surface area contributed by atoms with Crippen LogP contribution < -0.4 is 11.1 Å². The van der Waals surface area contributed by atoms with Crippen molar-refractivity contribution in [1.29, 1.82) is 0 Å². The third-order valence-corrected chi connectivity index (χ3v) is 2.60. The molecule has 5 nitrogen and oxygen atoms in total. The van der Waals surface area contributed by atoms with E-state index < -0.39 is 0 Å². The van der Waals surface area contributed by atoms with Crippen LogP contribution in [0.15, 0.2) is 36.7 Å². The van der Waals surface area contributed by atoms with E-state index in [-0.39, 0.29) is 5.91 Å². The van der Waals surface area contributed by atoms with Gasteiger partial charge in [-0.15, -0.1) is 0 Å². The van der Waals surface area contributed by atoms with Crippen molar-refractivity contribution in [3.05, 3.63) is 47.2 Å². The van der Waals surface area contributed by atoms with Crippen molar-refractivity contribution in [2.45, 2.75) is 6.54 Å². The molecule has 0 aliphatic heterocycles. The number of benzene rings is 1. The average Bonchev–Trinajstić information content (AvgIpc) is 2.75. The van der Waals surface area contributed by atoms with E-state index in [0.29, 0.717) is 29.4 Å². The van der Waals surface area contributed by atoms with Crippen LogP contribution in [0.1, 0.15) is 10.4 Å². The first-order valence-corrected chi connectivity index (χ1v) is 5.84. The van der Waals surface area contributed by atoms with Crippen LogP contribution in [0.5, 0.6) is 0 Å². The summed E-state index contributed by atoms with van der Waals surface area (Å²) in [6, 6.07) is 6.81. The lowest BCUT2D eigenvalue weighted by Crippen LogP contribution is -2.27. The fourth-order valence-corrected chi connectivity index (χ4v) is 1.71. The number of carbonyl (C=O) groups is 1. The van der Waals surface area contributed by atoms with Gasteiger partial charge >= 0.3 is 0 Å². The van der Waals surface area contributed by atoms with Gasteiger partial charge in [0.05, 0.1) is 18.4 Å². The second kappa shape index (κ2) is 5.55. The van der Waals surface area contributed by atoms with E-state index in [1.165, 1.54) is 0 Å². The SMILES string of the molecule is Nc1cnn(CCNC(=O)c2cccc(Cl)c2)c1. The Morgan fingerprint density at radius 3 is 3.00 bits per heavy atom. The highest BCUT2D eigenvalue weighted by Gasteiger charge is 2.05. The minimum absolute atomic E-state index is 0.155. The molecule has 0 radical (unpaired) electrons. The van der Waals surface area contributed by atoms with Crippen molar-refractivity contribution >= 4 is 23.2 Å². The minimum Gasteiger partial charge on any atom is -0.396 e. The standard InChI is InChI=1S/C12H13ClN4O/c13-10-3-1-2-9(6-10)12(18)15-4-5-17-8-11(14)7-16-17/h1-3,6-8H,4-5,14H2,(H,15,18). The Bertz CT molecular complexity index is 553. The molecule has 2 rings (SSSR count). The number of anilines is 1. The summed E-state index contributed by atoms with van der Waals surface area (Å²) >= 11 is 5.81. The van der Waals surface area contributed by atoms with Gasteiger partial charge in [0.1, 0.15) is 0 Å². The van der Waals surface area contributed by atoms with Crippen LogP contribution in [0, 0.1) is 0 Å². The molecule has 6 heteroatoms. The zero-order valence-corrected chi connectivity index (χ0v) is 10.4. The molecule has 94 valence electrons. The topological polar surface area (TPSA) is 72.9 Å². The molecule has 2 aromatic rings. The van der Waals surface area contributed by atoms with E-state index in [4.69, 9.17) is 17.3 Å². The van der Waals surface area contributed by atoms with Crippen molar-refractivity contribution in [3.63, 3.8) is 0 Å². The number of hydrogen-bond donors (Lipinski definition) is 2. The lowest BCUT2D eigenvalue weighted by molar-refractivity contribution is 0.0952. The van der Waals surface area contributed by atoms with Gasteiger partial charge in [-0.2, -0.15) is 5.10 Å². The molecule has 0 saturated carbocycles. The lowest BCUT2D eigenvalue weighted by atomic mass is 10.2. The van der Waals surface area contributed by atoms with E-state index in [9.17, 15) is 4.79 Å². The van der Waals surface area contributed by atoms with E-state index in [1.54, 1.807) is 41.3 Å². The highest BCUT2D eigenvalue weighted by Crippen LogP contribution is 2.10. The molecular weight excluding hydrogens is 252 g/mol. The Morgan fingerprint density at radius 2 is 2.33 bits per heavy atom. The van der Waals surface area contributed by atoms with Crippen molar-refractivity contribution in [3.8, 4) is 0 Å². The van der Waals surface area contributed by atoms with Gasteiger partial charge in [0.25, 0.3) is 5.91 Å². The third-order valence-electron chi connectivity index (χ3n) is 2.37. The number of nitrogens with zero attached hydrogens (tertiary/aromatic N) is 2. The summed E-state index contributed by atoms with van der Waals surface area (Å²) in [7, 11) is 0. The van der Waals surface area contributed by atoms with Crippen LogP contribution in [0.2, 0.25) is 5.02 Å². The Kier molecular flexibility index (Phi) is 3.84.